The van der Waals surface area contributed by atoms with Gasteiger partial charge in [-0.1, -0.05) is 6.42 Å². The van der Waals surface area contributed by atoms with Gasteiger partial charge >= 0.3 is 0 Å². The second-order valence-electron chi connectivity index (χ2n) is 6.99. The molecule has 2 saturated carbocycles. The van der Waals surface area contributed by atoms with Crippen molar-refractivity contribution in [3.63, 3.8) is 0 Å². The van der Waals surface area contributed by atoms with E-state index in [1.54, 1.807) is 6.21 Å². The summed E-state index contributed by atoms with van der Waals surface area (Å²) in [7, 11) is 0. The molecule has 122 valence electrons. The molecule has 4 rings (SSSR count). The maximum atomic E-state index is 13.5. The number of carbonyl (C=O) groups excluding carboxylic acids is 1. The predicted molar refractivity (Wildman–Crippen MR) is 82.6 cm³/mol. The lowest BCUT2D eigenvalue weighted by atomic mass is 9.78. The second kappa shape index (κ2) is 5.69. The minimum Gasteiger partial charge on any atom is -0.273 e. The molecule has 1 aromatic rings. The first-order chi connectivity index (χ1) is 11.1. The number of hydrogen-bond donors (Lipinski definition) is 0. The van der Waals surface area contributed by atoms with Crippen molar-refractivity contribution in [2.45, 2.75) is 44.6 Å². The van der Waals surface area contributed by atoms with Crippen molar-refractivity contribution in [3.05, 3.63) is 35.4 Å². The number of carbonyl (C=O) groups is 1. The van der Waals surface area contributed by atoms with Crippen LogP contribution in [0.3, 0.4) is 0 Å². The number of nitrogens with zero attached hydrogens (tertiary/aromatic N) is 2. The van der Waals surface area contributed by atoms with Gasteiger partial charge in [-0.2, -0.15) is 5.10 Å². The van der Waals surface area contributed by atoms with Gasteiger partial charge in [0.25, 0.3) is 0 Å². The third-order valence-electron chi connectivity index (χ3n) is 5.68. The van der Waals surface area contributed by atoms with Gasteiger partial charge in [0.15, 0.2) is 0 Å². The topological polar surface area (TPSA) is 32.7 Å². The largest absolute Gasteiger partial charge is 0.273 e. The van der Waals surface area contributed by atoms with Crippen molar-refractivity contribution in [1.82, 2.24) is 5.01 Å². The van der Waals surface area contributed by atoms with E-state index in [1.807, 2.05) is 0 Å². The van der Waals surface area contributed by atoms with Crippen LogP contribution in [0, 0.1) is 29.4 Å². The van der Waals surface area contributed by atoms with E-state index in [-0.39, 0.29) is 17.9 Å². The molecule has 0 spiro atoms. The van der Waals surface area contributed by atoms with Crippen molar-refractivity contribution in [2.75, 3.05) is 0 Å². The SMILES string of the molecule is O=C(C1C2CCCC1CC2)N1N=CCC1c1cc(F)cc(F)c1. The summed E-state index contributed by atoms with van der Waals surface area (Å²) in [5.74, 6) is -0.224. The average Bonchev–Trinajstić information content (AvgIpc) is 3.09. The highest BCUT2D eigenvalue weighted by Crippen LogP contribution is 2.48. The normalized spacial score (nSPS) is 32.5. The van der Waals surface area contributed by atoms with Gasteiger partial charge in [0.2, 0.25) is 5.91 Å². The standard InChI is InChI=1S/C18H20F2N2O/c19-14-8-13(9-15(20)10-14)16-6-7-21-22(16)18(23)17-11-2-1-3-12(17)5-4-11/h7-12,16-17H,1-6H2. The van der Waals surface area contributed by atoms with Gasteiger partial charge in [0.1, 0.15) is 11.6 Å². The number of rotatable bonds is 2. The minimum absolute atomic E-state index is 0.0416. The maximum Gasteiger partial charge on any atom is 0.246 e. The van der Waals surface area contributed by atoms with Crippen LogP contribution in [0.25, 0.3) is 0 Å². The zero-order chi connectivity index (χ0) is 16.0. The molecule has 0 radical (unpaired) electrons. The smallest absolute Gasteiger partial charge is 0.246 e. The van der Waals surface area contributed by atoms with Crippen molar-refractivity contribution >= 4 is 12.1 Å². The van der Waals surface area contributed by atoms with Gasteiger partial charge in [-0.3, -0.25) is 4.79 Å². The zero-order valence-electron chi connectivity index (χ0n) is 12.9. The monoisotopic (exact) mass is 318 g/mol. The van der Waals surface area contributed by atoms with Gasteiger partial charge in [0, 0.05) is 24.6 Å². The molecule has 0 saturated heterocycles. The lowest BCUT2D eigenvalue weighted by Gasteiger charge is -2.33. The Labute approximate surface area is 134 Å². The van der Waals surface area contributed by atoms with E-state index in [9.17, 15) is 13.6 Å². The summed E-state index contributed by atoms with van der Waals surface area (Å²) < 4.78 is 27.0. The number of amides is 1. The fourth-order valence-corrected chi connectivity index (χ4v) is 4.69. The number of hydrazone groups is 1. The van der Waals surface area contributed by atoms with Gasteiger partial charge in [-0.25, -0.2) is 13.8 Å². The molecule has 3 atom stereocenters. The first-order valence-electron chi connectivity index (χ1n) is 8.45. The Bertz CT molecular complexity index is 624. The molecule has 23 heavy (non-hydrogen) atoms. The van der Waals surface area contributed by atoms with Crippen molar-refractivity contribution in [2.24, 2.45) is 22.9 Å². The molecule has 2 aliphatic carbocycles. The second-order valence-corrected chi connectivity index (χ2v) is 6.99. The molecule has 1 heterocycles. The Morgan fingerprint density at radius 3 is 2.35 bits per heavy atom. The molecule has 3 aliphatic rings. The number of fused-ring (bicyclic) bond motifs is 2. The lowest BCUT2D eigenvalue weighted by molar-refractivity contribution is -0.141. The maximum absolute atomic E-state index is 13.5. The number of benzene rings is 1. The van der Waals surface area contributed by atoms with Gasteiger partial charge in [-0.05, 0) is 55.2 Å². The molecular weight excluding hydrogens is 298 g/mol. The molecule has 0 N–H and O–H groups in total. The van der Waals surface area contributed by atoms with Crippen LogP contribution < -0.4 is 0 Å². The third-order valence-corrected chi connectivity index (χ3v) is 5.68. The Balaban J connectivity index is 1.60. The summed E-state index contributed by atoms with van der Waals surface area (Å²) >= 11 is 0. The molecule has 0 aromatic heterocycles. The number of hydrogen-bond acceptors (Lipinski definition) is 2. The Kier molecular flexibility index (Phi) is 3.66. The van der Waals surface area contributed by atoms with Crippen LogP contribution in [0.5, 0.6) is 0 Å². The van der Waals surface area contributed by atoms with Crippen LogP contribution in [0.4, 0.5) is 8.78 Å². The quantitative estimate of drug-likeness (QED) is 0.809. The van der Waals surface area contributed by atoms with E-state index in [0.29, 0.717) is 23.8 Å². The lowest BCUT2D eigenvalue weighted by Crippen LogP contribution is -2.39. The van der Waals surface area contributed by atoms with Crippen LogP contribution in [0.2, 0.25) is 0 Å². The number of halogens is 2. The summed E-state index contributed by atoms with van der Waals surface area (Å²) in [6, 6.07) is 3.08. The molecule has 1 aromatic carbocycles. The van der Waals surface area contributed by atoms with Gasteiger partial charge in [0.05, 0.1) is 6.04 Å². The fourth-order valence-electron chi connectivity index (χ4n) is 4.69. The van der Waals surface area contributed by atoms with Crippen LogP contribution in [0.15, 0.2) is 23.3 Å². The first kappa shape index (κ1) is 14.8. The van der Waals surface area contributed by atoms with Crippen LogP contribution >= 0.6 is 0 Å². The minimum atomic E-state index is -0.614. The Hall–Kier alpha value is -1.78. The highest BCUT2D eigenvalue weighted by atomic mass is 19.1. The summed E-state index contributed by atoms with van der Waals surface area (Å²) in [6.45, 7) is 0. The molecule has 1 amide bonds. The van der Waals surface area contributed by atoms with Crippen LogP contribution in [-0.2, 0) is 4.79 Å². The Morgan fingerprint density at radius 1 is 1.04 bits per heavy atom. The van der Waals surface area contributed by atoms with E-state index in [0.717, 1.165) is 31.7 Å². The molecule has 2 bridgehead atoms. The van der Waals surface area contributed by atoms with Crippen molar-refractivity contribution in [3.8, 4) is 0 Å². The molecule has 2 fully saturated rings. The van der Waals surface area contributed by atoms with E-state index in [1.165, 1.54) is 23.6 Å². The molecular formula is C18H20F2N2O. The van der Waals surface area contributed by atoms with Crippen molar-refractivity contribution in [1.29, 1.82) is 0 Å². The van der Waals surface area contributed by atoms with E-state index in [2.05, 4.69) is 5.10 Å². The van der Waals surface area contributed by atoms with Crippen LogP contribution in [-0.4, -0.2) is 17.1 Å². The fraction of sp³-hybridized carbons (Fsp3) is 0.556. The summed E-state index contributed by atoms with van der Waals surface area (Å²) in [4.78, 5) is 13.0. The molecule has 3 unspecified atom stereocenters. The molecule has 1 aliphatic heterocycles. The average molecular weight is 318 g/mol. The zero-order valence-corrected chi connectivity index (χ0v) is 12.9. The van der Waals surface area contributed by atoms with E-state index in [4.69, 9.17) is 0 Å². The highest BCUT2D eigenvalue weighted by molar-refractivity contribution is 5.83. The Morgan fingerprint density at radius 2 is 1.70 bits per heavy atom. The van der Waals surface area contributed by atoms with E-state index < -0.39 is 11.6 Å². The van der Waals surface area contributed by atoms with Crippen LogP contribution in [0.1, 0.15) is 50.1 Å². The predicted octanol–water partition coefficient (Wildman–Crippen LogP) is 4.05. The first-order valence-corrected chi connectivity index (χ1v) is 8.45. The van der Waals surface area contributed by atoms with Gasteiger partial charge < -0.3 is 0 Å². The summed E-state index contributed by atoms with van der Waals surface area (Å²) in [5.41, 5.74) is 0.483. The molecule has 5 heteroatoms. The highest BCUT2D eigenvalue weighted by Gasteiger charge is 2.46. The third kappa shape index (κ3) is 2.56. The summed E-state index contributed by atoms with van der Waals surface area (Å²) in [6.07, 6.45) is 7.87. The molecule has 3 nitrogen and oxygen atoms in total. The van der Waals surface area contributed by atoms with Crippen molar-refractivity contribution < 1.29 is 13.6 Å². The summed E-state index contributed by atoms with van der Waals surface area (Å²) in [5, 5.41) is 5.72. The van der Waals surface area contributed by atoms with Gasteiger partial charge in [-0.15, -0.1) is 0 Å². The van der Waals surface area contributed by atoms with E-state index >= 15 is 0 Å².